The average Bonchev–Trinajstić information content (AvgIpc) is 3.60. The molecule has 1 aliphatic rings. The Kier molecular flexibility index (Phi) is 53.6. The first-order valence-corrected chi connectivity index (χ1v) is 37.3. The Hall–Kier alpha value is -2.27. The molecule has 1 rings (SSSR count). The van der Waals surface area contributed by atoms with Gasteiger partial charge in [0.05, 0.1) is 50.8 Å². The van der Waals surface area contributed by atoms with Crippen LogP contribution < -0.4 is 0 Å². The summed E-state index contributed by atoms with van der Waals surface area (Å²) in [7, 11) is 3.74. The fraction of sp³-hybridized carbons (Fsp3) is 0.926. The maximum atomic E-state index is 12.8. The molecule has 0 aromatic carbocycles. The third-order valence-electron chi connectivity index (χ3n) is 15.9. The van der Waals surface area contributed by atoms with Crippen LogP contribution in [-0.4, -0.2) is 217 Å². The highest BCUT2D eigenvalue weighted by Crippen LogP contribution is 2.23. The van der Waals surface area contributed by atoms with E-state index in [9.17, 15) is 44.4 Å². The first-order valence-electron chi connectivity index (χ1n) is 34.8. The van der Waals surface area contributed by atoms with Crippen LogP contribution >= 0.6 is 21.6 Å². The lowest BCUT2D eigenvalue weighted by Crippen LogP contribution is -2.47. The molecular weight excluding hydrogens is 1160 g/mol. The van der Waals surface area contributed by atoms with Crippen molar-refractivity contribution in [3.05, 3.63) is 0 Å². The molecule has 20 heteroatoms. The van der Waals surface area contributed by atoms with Gasteiger partial charge in [-0.3, -0.25) is 43.6 Å². The number of nitrogens with zero attached hydrogens (tertiary/aromatic N) is 4. The summed E-state index contributed by atoms with van der Waals surface area (Å²) in [5.74, 6) is 3.10. The van der Waals surface area contributed by atoms with Crippen LogP contribution in [0.2, 0.25) is 0 Å². The van der Waals surface area contributed by atoms with E-state index in [1.165, 1.54) is 0 Å². The summed E-state index contributed by atoms with van der Waals surface area (Å²) >= 11 is 0. The van der Waals surface area contributed by atoms with E-state index in [-0.39, 0.29) is 29.8 Å². The molecule has 518 valence electrons. The molecule has 0 aromatic rings. The predicted molar refractivity (Wildman–Crippen MR) is 358 cm³/mol. The minimum Gasteiger partial charge on any atom is -0.466 e. The summed E-state index contributed by atoms with van der Waals surface area (Å²) in [5, 5.41) is 44.1. The van der Waals surface area contributed by atoms with Gasteiger partial charge in [0.15, 0.2) is 0 Å². The van der Waals surface area contributed by atoms with Gasteiger partial charge in [0.25, 0.3) is 0 Å². The zero-order chi connectivity index (χ0) is 65.0. The smallest absolute Gasteiger partial charge is 0.305 e. The van der Waals surface area contributed by atoms with Crippen molar-refractivity contribution >= 4 is 51.4 Å². The highest BCUT2D eigenvalue weighted by molar-refractivity contribution is 8.76. The Balaban J connectivity index is 2.45. The Morgan fingerprint density at radius 2 is 0.614 bits per heavy atom. The van der Waals surface area contributed by atoms with Gasteiger partial charge in [0, 0.05) is 109 Å². The van der Waals surface area contributed by atoms with Crippen LogP contribution in [-0.2, 0) is 47.7 Å². The molecule has 1 saturated heterocycles. The molecule has 0 spiro atoms. The van der Waals surface area contributed by atoms with Crippen LogP contribution in [0, 0.1) is 23.7 Å². The SMILES string of the molecule is CC(C)CCOC(=O)CCCCCCC(O)CN(CCCCC(=O)OCCN1CCN(CCSSCCCN(CC(O)CCCCC(=O)OCCC(C)C)CC(O)CCCCC(=O)OCCC(C)C)CC1)CC(O)CCCCCCC(=O)OCCC(C)C. The minimum absolute atomic E-state index is 0.139. The Labute approximate surface area is 542 Å². The lowest BCUT2D eigenvalue weighted by atomic mass is 10.1. The number of rotatable bonds is 60. The lowest BCUT2D eigenvalue weighted by Gasteiger charge is -2.34. The maximum Gasteiger partial charge on any atom is 0.305 e. The quantitative estimate of drug-likeness (QED) is 0.0192. The van der Waals surface area contributed by atoms with Crippen LogP contribution in [0.3, 0.4) is 0 Å². The molecule has 88 heavy (non-hydrogen) atoms. The standard InChI is InChI=1S/C68H130N4O14S2/c1-56(2)33-45-82-64(77)28-15-11-9-13-24-60(73)52-71(53-61(74)25-14-10-12-16-29-65(78)83-46-34-57(3)4)37-22-21-32-68(81)86-49-43-69-39-41-70(42-40-69)44-51-88-87-50-23-38-72(54-62(75)26-17-19-30-66(79)84-47-35-58(5)6)55-63(76)27-18-20-31-67(80)85-48-36-59(7)8/h56-63,73-76H,9-55H2,1-8H3. The van der Waals surface area contributed by atoms with Gasteiger partial charge in [-0.05, 0) is 133 Å². The number of aliphatic hydroxyl groups excluding tert-OH is 4. The molecule has 1 aliphatic heterocycles. The van der Waals surface area contributed by atoms with E-state index in [0.717, 1.165) is 154 Å². The van der Waals surface area contributed by atoms with E-state index in [4.69, 9.17) is 23.7 Å². The summed E-state index contributed by atoms with van der Waals surface area (Å²) < 4.78 is 27.0. The zero-order valence-corrected chi connectivity index (χ0v) is 58.5. The molecule has 0 saturated carbocycles. The Bertz CT molecular complexity index is 1620. The van der Waals surface area contributed by atoms with Gasteiger partial charge >= 0.3 is 29.8 Å². The molecular formula is C68H130N4O14S2. The summed E-state index contributed by atoms with van der Waals surface area (Å²) in [6.07, 6.45) is 17.6. The molecule has 1 fully saturated rings. The highest BCUT2D eigenvalue weighted by Gasteiger charge is 2.21. The average molecular weight is 1290 g/mol. The highest BCUT2D eigenvalue weighted by atomic mass is 33.1. The maximum absolute atomic E-state index is 12.8. The number of carbonyl (C=O) groups is 5. The number of ether oxygens (including phenoxy) is 5. The van der Waals surface area contributed by atoms with E-state index >= 15 is 0 Å². The molecule has 0 aromatic heterocycles. The molecule has 0 radical (unpaired) electrons. The predicted octanol–water partition coefficient (Wildman–Crippen LogP) is 11.3. The molecule has 4 atom stereocenters. The summed E-state index contributed by atoms with van der Waals surface area (Å²) in [6.45, 7) is 27.8. The van der Waals surface area contributed by atoms with Crippen LogP contribution in [0.1, 0.15) is 235 Å². The van der Waals surface area contributed by atoms with E-state index < -0.39 is 24.4 Å². The minimum atomic E-state index is -0.560. The summed E-state index contributed by atoms with van der Waals surface area (Å²) in [5.41, 5.74) is 0. The van der Waals surface area contributed by atoms with Gasteiger partial charge in [-0.15, -0.1) is 0 Å². The topological polar surface area (TPSA) is 225 Å². The van der Waals surface area contributed by atoms with Crippen molar-refractivity contribution in [2.75, 3.05) is 123 Å². The number of hydrogen-bond donors (Lipinski definition) is 4. The Morgan fingerprint density at radius 1 is 0.341 bits per heavy atom. The first kappa shape index (κ1) is 83.7. The fourth-order valence-electron chi connectivity index (χ4n) is 10.1. The van der Waals surface area contributed by atoms with E-state index in [1.807, 2.05) is 21.6 Å². The molecule has 18 nitrogen and oxygen atoms in total. The third kappa shape index (κ3) is 54.3. The number of piperazine rings is 1. The van der Waals surface area contributed by atoms with E-state index in [0.29, 0.717) is 173 Å². The van der Waals surface area contributed by atoms with Crippen molar-refractivity contribution in [1.82, 2.24) is 19.6 Å². The molecule has 4 N–H and O–H groups in total. The normalized spacial score (nSPS) is 14.8. The van der Waals surface area contributed by atoms with E-state index in [2.05, 4.69) is 75.0 Å². The molecule has 0 aliphatic carbocycles. The monoisotopic (exact) mass is 1290 g/mol. The van der Waals surface area contributed by atoms with Crippen LogP contribution in [0.5, 0.6) is 0 Å². The molecule has 0 bridgehead atoms. The second kappa shape index (κ2) is 56.3. The second-order valence-electron chi connectivity index (χ2n) is 26.5. The molecule has 4 unspecified atom stereocenters. The van der Waals surface area contributed by atoms with Crippen LogP contribution in [0.25, 0.3) is 0 Å². The van der Waals surface area contributed by atoms with Crippen molar-refractivity contribution < 1.29 is 68.1 Å². The largest absolute Gasteiger partial charge is 0.466 e. The fourth-order valence-corrected chi connectivity index (χ4v) is 12.2. The van der Waals surface area contributed by atoms with Crippen molar-refractivity contribution in [2.24, 2.45) is 23.7 Å². The summed E-state index contributed by atoms with van der Waals surface area (Å²) in [4.78, 5) is 70.3. The zero-order valence-electron chi connectivity index (χ0n) is 56.8. The van der Waals surface area contributed by atoms with Gasteiger partial charge in [0.2, 0.25) is 0 Å². The second-order valence-corrected chi connectivity index (χ2v) is 29.2. The third-order valence-corrected chi connectivity index (χ3v) is 18.4. The number of carbonyl (C=O) groups excluding carboxylic acids is 5. The first-order chi connectivity index (χ1) is 42.2. The lowest BCUT2D eigenvalue weighted by molar-refractivity contribution is -0.145. The Morgan fingerprint density at radius 3 is 0.966 bits per heavy atom. The van der Waals surface area contributed by atoms with Crippen molar-refractivity contribution in [3.8, 4) is 0 Å². The van der Waals surface area contributed by atoms with Gasteiger partial charge in [-0.2, -0.15) is 0 Å². The van der Waals surface area contributed by atoms with E-state index in [1.54, 1.807) is 0 Å². The van der Waals surface area contributed by atoms with Crippen LogP contribution in [0.4, 0.5) is 0 Å². The van der Waals surface area contributed by atoms with Crippen molar-refractivity contribution in [1.29, 1.82) is 0 Å². The van der Waals surface area contributed by atoms with Gasteiger partial charge in [-0.1, -0.05) is 128 Å². The summed E-state index contributed by atoms with van der Waals surface area (Å²) in [6, 6.07) is 0. The molecule has 0 amide bonds. The van der Waals surface area contributed by atoms with Crippen LogP contribution in [0.15, 0.2) is 0 Å². The number of esters is 5. The van der Waals surface area contributed by atoms with Gasteiger partial charge in [-0.25, -0.2) is 0 Å². The van der Waals surface area contributed by atoms with Gasteiger partial charge in [0.1, 0.15) is 6.61 Å². The van der Waals surface area contributed by atoms with Crippen molar-refractivity contribution in [3.63, 3.8) is 0 Å². The number of unbranched alkanes of at least 4 members (excludes halogenated alkanes) is 9. The van der Waals surface area contributed by atoms with Crippen molar-refractivity contribution in [2.45, 2.75) is 260 Å². The molecule has 1 heterocycles. The van der Waals surface area contributed by atoms with Gasteiger partial charge < -0.3 is 44.1 Å². The number of aliphatic hydroxyl groups is 4. The number of hydrogen-bond acceptors (Lipinski definition) is 20.